The predicted octanol–water partition coefficient (Wildman–Crippen LogP) is 2.86. The SMILES string of the molecule is Cc1cccc(-n2ncc3c(=O)[nH]c(SCC(=O)N4CCN(c5ccccc5)CC4)nc32)c1. The lowest BCUT2D eigenvalue weighted by molar-refractivity contribution is -0.128. The summed E-state index contributed by atoms with van der Waals surface area (Å²) in [4.78, 5) is 36.9. The van der Waals surface area contributed by atoms with Gasteiger partial charge in [-0.25, -0.2) is 9.67 Å². The molecule has 1 amide bonds. The van der Waals surface area contributed by atoms with Crippen LogP contribution in [0.25, 0.3) is 16.7 Å². The number of carbonyl (C=O) groups is 1. The first-order chi connectivity index (χ1) is 16.1. The number of fused-ring (bicyclic) bond motifs is 1. The Labute approximate surface area is 195 Å². The number of nitrogens with one attached hydrogen (secondary N) is 1. The molecule has 4 aromatic rings. The van der Waals surface area contributed by atoms with E-state index in [1.54, 1.807) is 4.68 Å². The molecule has 9 heteroatoms. The first-order valence-electron chi connectivity index (χ1n) is 10.8. The highest BCUT2D eigenvalue weighted by Gasteiger charge is 2.22. The minimum Gasteiger partial charge on any atom is -0.368 e. The van der Waals surface area contributed by atoms with Gasteiger partial charge in [-0.1, -0.05) is 42.1 Å². The predicted molar refractivity (Wildman–Crippen MR) is 130 cm³/mol. The van der Waals surface area contributed by atoms with E-state index in [4.69, 9.17) is 0 Å². The summed E-state index contributed by atoms with van der Waals surface area (Å²) in [5.41, 5.74) is 3.33. The van der Waals surface area contributed by atoms with Crippen LogP contribution in [0.15, 0.2) is 70.7 Å². The van der Waals surface area contributed by atoms with E-state index in [9.17, 15) is 9.59 Å². The summed E-state index contributed by atoms with van der Waals surface area (Å²) >= 11 is 1.25. The highest BCUT2D eigenvalue weighted by atomic mass is 32.2. The smallest absolute Gasteiger partial charge is 0.262 e. The van der Waals surface area contributed by atoms with E-state index in [1.807, 2.05) is 54.3 Å². The van der Waals surface area contributed by atoms with Gasteiger partial charge in [-0.05, 0) is 36.8 Å². The Hall–Kier alpha value is -3.59. The Morgan fingerprint density at radius 3 is 2.55 bits per heavy atom. The lowest BCUT2D eigenvalue weighted by atomic mass is 10.2. The Kier molecular flexibility index (Phi) is 5.87. The molecule has 1 fully saturated rings. The average Bonchev–Trinajstić information content (AvgIpc) is 3.28. The Bertz CT molecular complexity index is 1340. The number of rotatable bonds is 5. The number of hydrogen-bond acceptors (Lipinski definition) is 6. The van der Waals surface area contributed by atoms with E-state index in [2.05, 4.69) is 32.1 Å². The molecule has 3 heterocycles. The first kappa shape index (κ1) is 21.3. The zero-order chi connectivity index (χ0) is 22.8. The van der Waals surface area contributed by atoms with Crippen molar-refractivity contribution >= 4 is 34.4 Å². The standard InChI is InChI=1S/C24H24N6O2S/c1-17-6-5-9-19(14-17)30-22-20(15-25-30)23(32)27-24(26-22)33-16-21(31)29-12-10-28(11-13-29)18-7-3-2-4-8-18/h2-9,14-15H,10-13,16H2,1H3,(H,26,27,32). The second-order valence-electron chi connectivity index (χ2n) is 8.00. The Morgan fingerprint density at radius 1 is 1.03 bits per heavy atom. The van der Waals surface area contributed by atoms with Gasteiger partial charge in [0.05, 0.1) is 17.6 Å². The molecule has 0 radical (unpaired) electrons. The molecule has 0 aliphatic carbocycles. The van der Waals surface area contributed by atoms with E-state index in [0.717, 1.165) is 24.3 Å². The number of anilines is 1. The van der Waals surface area contributed by atoms with Crippen molar-refractivity contribution in [2.75, 3.05) is 36.8 Å². The van der Waals surface area contributed by atoms with Gasteiger partial charge in [-0.2, -0.15) is 5.10 Å². The zero-order valence-corrected chi connectivity index (χ0v) is 19.1. The maximum absolute atomic E-state index is 12.8. The summed E-state index contributed by atoms with van der Waals surface area (Å²) in [5.74, 6) is 0.265. The molecule has 0 saturated carbocycles. The van der Waals surface area contributed by atoms with Crippen LogP contribution < -0.4 is 10.5 Å². The van der Waals surface area contributed by atoms with Gasteiger partial charge in [0, 0.05) is 31.9 Å². The van der Waals surface area contributed by atoms with Gasteiger partial charge >= 0.3 is 0 Å². The van der Waals surface area contributed by atoms with Crippen molar-refractivity contribution in [1.29, 1.82) is 0 Å². The second kappa shape index (κ2) is 9.11. The number of amides is 1. The van der Waals surface area contributed by atoms with E-state index in [1.165, 1.54) is 23.6 Å². The molecule has 1 N–H and O–H groups in total. The number of aromatic nitrogens is 4. The van der Waals surface area contributed by atoms with Crippen molar-refractivity contribution in [1.82, 2.24) is 24.6 Å². The highest BCUT2D eigenvalue weighted by Crippen LogP contribution is 2.20. The van der Waals surface area contributed by atoms with Crippen LogP contribution in [0.1, 0.15) is 5.56 Å². The number of piperazine rings is 1. The van der Waals surface area contributed by atoms with Gasteiger partial charge < -0.3 is 14.8 Å². The molecule has 0 unspecified atom stereocenters. The van der Waals surface area contributed by atoms with Crippen molar-refractivity contribution in [3.05, 3.63) is 76.7 Å². The van der Waals surface area contributed by atoms with Gasteiger partial charge in [-0.3, -0.25) is 9.59 Å². The summed E-state index contributed by atoms with van der Waals surface area (Å²) in [5, 5.41) is 5.19. The van der Waals surface area contributed by atoms with E-state index >= 15 is 0 Å². The molecule has 168 valence electrons. The number of aryl methyl sites for hydroxylation is 1. The molecule has 2 aromatic heterocycles. The van der Waals surface area contributed by atoms with Gasteiger partial charge in [0.2, 0.25) is 5.91 Å². The topological polar surface area (TPSA) is 87.1 Å². The Balaban J connectivity index is 1.26. The normalized spacial score (nSPS) is 14.1. The third kappa shape index (κ3) is 4.49. The van der Waals surface area contributed by atoms with Gasteiger partial charge in [-0.15, -0.1) is 0 Å². The van der Waals surface area contributed by atoms with E-state index < -0.39 is 0 Å². The van der Waals surface area contributed by atoms with Crippen LogP contribution in [-0.4, -0.2) is 62.5 Å². The second-order valence-corrected chi connectivity index (χ2v) is 8.96. The molecule has 33 heavy (non-hydrogen) atoms. The summed E-state index contributed by atoms with van der Waals surface area (Å²) in [6, 6.07) is 18.1. The molecule has 1 aliphatic heterocycles. The lowest BCUT2D eigenvalue weighted by Gasteiger charge is -2.36. The molecule has 2 aromatic carbocycles. The number of thioether (sulfide) groups is 1. The number of para-hydroxylation sites is 1. The van der Waals surface area contributed by atoms with Crippen LogP contribution in [0.5, 0.6) is 0 Å². The van der Waals surface area contributed by atoms with Crippen LogP contribution in [0.4, 0.5) is 5.69 Å². The van der Waals surface area contributed by atoms with Crippen molar-refractivity contribution in [3.8, 4) is 5.69 Å². The molecule has 0 bridgehead atoms. The van der Waals surface area contributed by atoms with Crippen molar-refractivity contribution < 1.29 is 4.79 Å². The quantitative estimate of drug-likeness (QED) is 0.364. The van der Waals surface area contributed by atoms with Crippen molar-refractivity contribution in [2.45, 2.75) is 12.1 Å². The third-order valence-electron chi connectivity index (χ3n) is 5.75. The molecule has 5 rings (SSSR count). The van der Waals surface area contributed by atoms with Crippen molar-refractivity contribution in [2.24, 2.45) is 0 Å². The minimum atomic E-state index is -0.259. The van der Waals surface area contributed by atoms with Gasteiger partial charge in [0.1, 0.15) is 5.39 Å². The molecular weight excluding hydrogens is 436 g/mol. The van der Waals surface area contributed by atoms with E-state index in [0.29, 0.717) is 29.3 Å². The number of carbonyl (C=O) groups excluding carboxylic acids is 1. The minimum absolute atomic E-state index is 0.0441. The molecular formula is C24H24N6O2S. The average molecular weight is 461 g/mol. The Morgan fingerprint density at radius 2 is 1.79 bits per heavy atom. The summed E-state index contributed by atoms with van der Waals surface area (Å²) in [6.07, 6.45) is 1.52. The van der Waals surface area contributed by atoms with Gasteiger partial charge in [0.15, 0.2) is 10.8 Å². The van der Waals surface area contributed by atoms with Crippen LogP contribution in [0.2, 0.25) is 0 Å². The molecule has 8 nitrogen and oxygen atoms in total. The number of nitrogens with zero attached hydrogens (tertiary/aromatic N) is 5. The van der Waals surface area contributed by atoms with Crippen LogP contribution in [0.3, 0.4) is 0 Å². The maximum atomic E-state index is 12.8. The lowest BCUT2D eigenvalue weighted by Crippen LogP contribution is -2.49. The molecule has 1 saturated heterocycles. The number of benzene rings is 2. The molecule has 1 aliphatic rings. The highest BCUT2D eigenvalue weighted by molar-refractivity contribution is 7.99. The molecule has 0 spiro atoms. The fraction of sp³-hybridized carbons (Fsp3) is 0.250. The zero-order valence-electron chi connectivity index (χ0n) is 18.3. The summed E-state index contributed by atoms with van der Waals surface area (Å²) in [6.45, 7) is 4.96. The largest absolute Gasteiger partial charge is 0.368 e. The van der Waals surface area contributed by atoms with Crippen molar-refractivity contribution in [3.63, 3.8) is 0 Å². The van der Waals surface area contributed by atoms with Crippen LogP contribution in [0, 0.1) is 6.92 Å². The maximum Gasteiger partial charge on any atom is 0.262 e. The first-order valence-corrected chi connectivity index (χ1v) is 11.8. The van der Waals surface area contributed by atoms with Crippen LogP contribution in [-0.2, 0) is 4.79 Å². The van der Waals surface area contributed by atoms with Gasteiger partial charge in [0.25, 0.3) is 5.56 Å². The molecule has 0 atom stereocenters. The number of H-pyrrole nitrogens is 1. The number of hydrogen-bond donors (Lipinski definition) is 1. The fourth-order valence-corrected chi connectivity index (χ4v) is 4.75. The third-order valence-corrected chi connectivity index (χ3v) is 6.61. The number of aromatic amines is 1. The fourth-order valence-electron chi connectivity index (χ4n) is 3.99. The monoisotopic (exact) mass is 460 g/mol. The van der Waals surface area contributed by atoms with Crippen LogP contribution >= 0.6 is 11.8 Å². The summed E-state index contributed by atoms with van der Waals surface area (Å²) < 4.78 is 1.66. The summed E-state index contributed by atoms with van der Waals surface area (Å²) in [7, 11) is 0. The van der Waals surface area contributed by atoms with E-state index in [-0.39, 0.29) is 17.2 Å².